The van der Waals surface area contributed by atoms with Crippen LogP contribution in [0.3, 0.4) is 0 Å². The molecule has 0 saturated heterocycles. The molecule has 0 bridgehead atoms. The van der Waals surface area contributed by atoms with Crippen molar-refractivity contribution in [2.45, 2.75) is 13.8 Å². The number of halogens is 2. The van der Waals surface area contributed by atoms with Crippen LogP contribution in [-0.4, -0.2) is 33.4 Å². The molecule has 35 heavy (non-hydrogen) atoms. The maximum absolute atomic E-state index is 13.4. The lowest BCUT2D eigenvalue weighted by Crippen LogP contribution is -2.15. The van der Waals surface area contributed by atoms with Gasteiger partial charge in [0.25, 0.3) is 11.8 Å². The van der Waals surface area contributed by atoms with E-state index in [1.165, 1.54) is 22.9 Å². The minimum atomic E-state index is -0.553. The molecule has 10 heteroatoms. The highest BCUT2D eigenvalue weighted by molar-refractivity contribution is 6.30. The molecule has 0 atom stereocenters. The second kappa shape index (κ2) is 10.4. The summed E-state index contributed by atoms with van der Waals surface area (Å²) in [5, 5.41) is 13.4. The van der Waals surface area contributed by atoms with Gasteiger partial charge in [0, 0.05) is 16.9 Å². The summed E-state index contributed by atoms with van der Waals surface area (Å²) in [7, 11) is 0. The van der Waals surface area contributed by atoms with Crippen LogP contribution in [0.1, 0.15) is 33.5 Å². The number of carbonyl (C=O) groups excluding carboxylic acids is 2. The Hall–Kier alpha value is -4.24. The predicted molar refractivity (Wildman–Crippen MR) is 131 cm³/mol. The van der Waals surface area contributed by atoms with Crippen LogP contribution in [0.2, 0.25) is 5.02 Å². The molecule has 1 heterocycles. The molecular formula is C25H21ClFN5O3. The van der Waals surface area contributed by atoms with Crippen molar-refractivity contribution in [1.82, 2.24) is 15.0 Å². The van der Waals surface area contributed by atoms with E-state index in [1.807, 2.05) is 6.92 Å². The Kier molecular flexibility index (Phi) is 7.07. The highest BCUT2D eigenvalue weighted by atomic mass is 35.5. The van der Waals surface area contributed by atoms with Crippen molar-refractivity contribution in [1.29, 1.82) is 0 Å². The van der Waals surface area contributed by atoms with Gasteiger partial charge in [-0.05, 0) is 80.6 Å². The van der Waals surface area contributed by atoms with Gasteiger partial charge in [-0.3, -0.25) is 9.59 Å². The van der Waals surface area contributed by atoms with Crippen LogP contribution in [0.5, 0.6) is 5.75 Å². The van der Waals surface area contributed by atoms with Crippen molar-refractivity contribution in [3.8, 4) is 11.4 Å². The zero-order chi connectivity index (χ0) is 24.9. The van der Waals surface area contributed by atoms with Gasteiger partial charge in [0.1, 0.15) is 11.6 Å². The lowest BCUT2D eigenvalue weighted by Gasteiger charge is -2.08. The minimum absolute atomic E-state index is 0.0601. The van der Waals surface area contributed by atoms with Gasteiger partial charge in [0.2, 0.25) is 0 Å². The van der Waals surface area contributed by atoms with E-state index in [0.29, 0.717) is 34.9 Å². The van der Waals surface area contributed by atoms with Crippen LogP contribution in [0.4, 0.5) is 15.8 Å². The van der Waals surface area contributed by atoms with Crippen LogP contribution in [0, 0.1) is 12.7 Å². The zero-order valence-electron chi connectivity index (χ0n) is 18.9. The summed E-state index contributed by atoms with van der Waals surface area (Å²) in [6.07, 6.45) is 0. The molecule has 0 aliphatic carbocycles. The first-order chi connectivity index (χ1) is 16.9. The van der Waals surface area contributed by atoms with Gasteiger partial charge in [-0.15, -0.1) is 5.10 Å². The van der Waals surface area contributed by atoms with Crippen molar-refractivity contribution in [3.63, 3.8) is 0 Å². The normalized spacial score (nSPS) is 10.6. The highest BCUT2D eigenvalue weighted by Gasteiger charge is 2.18. The predicted octanol–water partition coefficient (Wildman–Crippen LogP) is 5.27. The van der Waals surface area contributed by atoms with Crippen molar-refractivity contribution >= 4 is 34.8 Å². The number of hydrogen-bond acceptors (Lipinski definition) is 5. The third-order valence-electron chi connectivity index (χ3n) is 5.09. The number of aromatic nitrogens is 3. The molecule has 2 amide bonds. The fourth-order valence-corrected chi connectivity index (χ4v) is 3.48. The number of benzene rings is 3. The van der Waals surface area contributed by atoms with Gasteiger partial charge in [0.15, 0.2) is 5.69 Å². The standard InChI is InChI=1S/C25H21ClFN5O3/c1-3-35-20-11-8-18(9-12-20)28-24(33)16-4-6-17(7-5-16)29-25(34)23-15(2)32(31-30-23)19-10-13-22(27)21(26)14-19/h4-14H,3H2,1-2H3,(H,28,33)(H,29,34). The summed E-state index contributed by atoms with van der Waals surface area (Å²) >= 11 is 5.84. The van der Waals surface area contributed by atoms with Gasteiger partial charge in [-0.2, -0.15) is 0 Å². The molecule has 1 aromatic heterocycles. The first-order valence-corrected chi connectivity index (χ1v) is 11.1. The molecule has 4 rings (SSSR count). The first-order valence-electron chi connectivity index (χ1n) is 10.7. The molecule has 178 valence electrons. The minimum Gasteiger partial charge on any atom is -0.494 e. The number of amides is 2. The second-order valence-corrected chi connectivity index (χ2v) is 7.88. The molecule has 0 aliphatic rings. The summed E-state index contributed by atoms with van der Waals surface area (Å²) in [5.74, 6) is -0.595. The first kappa shape index (κ1) is 23.9. The molecule has 0 saturated carbocycles. The van der Waals surface area contributed by atoms with Crippen LogP contribution in [-0.2, 0) is 0 Å². The quantitative estimate of drug-likeness (QED) is 0.365. The Morgan fingerprint density at radius 1 is 0.971 bits per heavy atom. The number of anilines is 2. The SMILES string of the molecule is CCOc1ccc(NC(=O)c2ccc(NC(=O)c3nnn(-c4ccc(F)c(Cl)c4)c3C)cc2)cc1. The van der Waals surface area contributed by atoms with Crippen LogP contribution < -0.4 is 15.4 Å². The maximum Gasteiger partial charge on any atom is 0.278 e. The third kappa shape index (κ3) is 5.47. The van der Waals surface area contributed by atoms with Crippen molar-refractivity contribution in [2.24, 2.45) is 0 Å². The Labute approximate surface area is 205 Å². The van der Waals surface area contributed by atoms with Gasteiger partial charge < -0.3 is 15.4 Å². The van der Waals surface area contributed by atoms with E-state index < -0.39 is 11.7 Å². The summed E-state index contributed by atoms with van der Waals surface area (Å²) in [6.45, 7) is 4.13. The van der Waals surface area contributed by atoms with Crippen LogP contribution >= 0.6 is 11.6 Å². The summed E-state index contributed by atoms with van der Waals surface area (Å²) in [5.41, 5.74) is 2.57. The molecule has 0 spiro atoms. The molecule has 0 aliphatic heterocycles. The zero-order valence-corrected chi connectivity index (χ0v) is 19.6. The van der Waals surface area contributed by atoms with E-state index >= 15 is 0 Å². The number of nitrogens with one attached hydrogen (secondary N) is 2. The van der Waals surface area contributed by atoms with Crippen LogP contribution in [0.25, 0.3) is 5.69 Å². The van der Waals surface area contributed by atoms with Crippen molar-refractivity contribution in [3.05, 3.63) is 94.5 Å². The average molecular weight is 494 g/mol. The van der Waals surface area contributed by atoms with E-state index in [0.717, 1.165) is 5.75 Å². The van der Waals surface area contributed by atoms with Gasteiger partial charge >= 0.3 is 0 Å². The summed E-state index contributed by atoms with van der Waals surface area (Å²) in [4.78, 5) is 25.3. The number of nitrogens with zero attached hydrogens (tertiary/aromatic N) is 3. The smallest absolute Gasteiger partial charge is 0.278 e. The Morgan fingerprint density at radius 2 is 1.60 bits per heavy atom. The van der Waals surface area contributed by atoms with E-state index in [4.69, 9.17) is 16.3 Å². The van der Waals surface area contributed by atoms with E-state index in [2.05, 4.69) is 20.9 Å². The molecule has 0 unspecified atom stereocenters. The molecule has 3 aromatic carbocycles. The molecule has 4 aromatic rings. The van der Waals surface area contributed by atoms with E-state index in [-0.39, 0.29) is 16.6 Å². The van der Waals surface area contributed by atoms with Gasteiger partial charge in [0.05, 0.1) is 23.0 Å². The number of ether oxygens (including phenoxy) is 1. The van der Waals surface area contributed by atoms with Gasteiger partial charge in [-0.25, -0.2) is 9.07 Å². The van der Waals surface area contributed by atoms with Gasteiger partial charge in [-0.1, -0.05) is 16.8 Å². The third-order valence-corrected chi connectivity index (χ3v) is 5.38. The number of rotatable bonds is 7. The Morgan fingerprint density at radius 3 is 2.23 bits per heavy atom. The lowest BCUT2D eigenvalue weighted by atomic mass is 10.2. The molecule has 2 N–H and O–H groups in total. The molecule has 0 radical (unpaired) electrons. The summed E-state index contributed by atoms with van der Waals surface area (Å²) < 4.78 is 20.2. The maximum atomic E-state index is 13.4. The fraction of sp³-hybridized carbons (Fsp3) is 0.120. The molecule has 0 fully saturated rings. The van der Waals surface area contributed by atoms with Crippen LogP contribution in [0.15, 0.2) is 66.7 Å². The largest absolute Gasteiger partial charge is 0.494 e. The Balaban J connectivity index is 1.41. The van der Waals surface area contributed by atoms with Crippen molar-refractivity contribution in [2.75, 3.05) is 17.2 Å². The summed E-state index contributed by atoms with van der Waals surface area (Å²) in [6, 6.07) is 17.6. The molecular weight excluding hydrogens is 473 g/mol. The molecule has 8 nitrogen and oxygen atoms in total. The number of carbonyl (C=O) groups is 2. The van der Waals surface area contributed by atoms with E-state index in [9.17, 15) is 14.0 Å². The monoisotopic (exact) mass is 493 g/mol. The van der Waals surface area contributed by atoms with Crippen molar-refractivity contribution < 1.29 is 18.7 Å². The Bertz CT molecular complexity index is 1370. The fourth-order valence-electron chi connectivity index (χ4n) is 3.30. The highest BCUT2D eigenvalue weighted by Crippen LogP contribution is 2.21. The lowest BCUT2D eigenvalue weighted by molar-refractivity contribution is 0.101. The van der Waals surface area contributed by atoms with E-state index in [1.54, 1.807) is 55.5 Å². The topological polar surface area (TPSA) is 98.1 Å². The number of hydrogen-bond donors (Lipinski definition) is 2. The second-order valence-electron chi connectivity index (χ2n) is 7.48. The average Bonchev–Trinajstić information content (AvgIpc) is 3.24.